The minimum absolute atomic E-state index is 0.128. The number of rotatable bonds is 4. The number of carbonyl (C=O) groups excluding carboxylic acids is 3. The van der Waals surface area contributed by atoms with Gasteiger partial charge in [0.25, 0.3) is 5.91 Å². The summed E-state index contributed by atoms with van der Waals surface area (Å²) in [5.74, 6) is -1.74. The molecule has 0 unspecified atom stereocenters. The molecule has 0 heterocycles. The van der Waals surface area contributed by atoms with Gasteiger partial charge in [0, 0.05) is 12.1 Å². The second kappa shape index (κ2) is 6.39. The van der Waals surface area contributed by atoms with Crippen molar-refractivity contribution in [3.05, 3.63) is 29.8 Å². The molecule has 0 aromatic heterocycles. The molecule has 0 aliphatic heterocycles. The fraction of sp³-hybridized carbons (Fsp3) is 0.400. The lowest BCUT2D eigenvalue weighted by atomic mass is 10.1. The van der Waals surface area contributed by atoms with Crippen molar-refractivity contribution in [1.82, 2.24) is 10.6 Å². The first-order valence-corrected chi connectivity index (χ1v) is 6.99. The molecular weight excluding hydrogens is 270 g/mol. The lowest BCUT2D eigenvalue weighted by Crippen LogP contribution is -2.39. The molecule has 1 saturated carbocycles. The Morgan fingerprint density at radius 3 is 2.38 bits per heavy atom. The van der Waals surface area contributed by atoms with Crippen molar-refractivity contribution < 1.29 is 14.4 Å². The quantitative estimate of drug-likeness (QED) is 0.724. The Morgan fingerprint density at radius 1 is 1.10 bits per heavy atom. The van der Waals surface area contributed by atoms with E-state index < -0.39 is 11.8 Å². The summed E-state index contributed by atoms with van der Waals surface area (Å²) in [7, 11) is 0. The average molecular weight is 289 g/mol. The summed E-state index contributed by atoms with van der Waals surface area (Å²) in [6, 6.07) is 6.73. The summed E-state index contributed by atoms with van der Waals surface area (Å²) in [5.41, 5.74) is 0.689. The summed E-state index contributed by atoms with van der Waals surface area (Å²) in [5, 5.41) is 7.83. The van der Waals surface area contributed by atoms with E-state index in [0.29, 0.717) is 11.3 Å². The molecule has 3 amide bonds. The van der Waals surface area contributed by atoms with Gasteiger partial charge >= 0.3 is 11.8 Å². The van der Waals surface area contributed by atoms with Crippen LogP contribution in [0.2, 0.25) is 0 Å². The molecule has 6 heteroatoms. The van der Waals surface area contributed by atoms with Gasteiger partial charge in [-0.1, -0.05) is 12.1 Å². The molecule has 1 aromatic rings. The molecule has 1 aromatic carbocycles. The fourth-order valence-electron chi connectivity index (χ4n) is 1.79. The van der Waals surface area contributed by atoms with E-state index in [1.165, 1.54) is 0 Å². The molecule has 112 valence electrons. The Bertz CT molecular complexity index is 565. The van der Waals surface area contributed by atoms with Gasteiger partial charge in [-0.25, -0.2) is 0 Å². The van der Waals surface area contributed by atoms with Crippen LogP contribution in [0.15, 0.2) is 24.3 Å². The van der Waals surface area contributed by atoms with Crippen LogP contribution < -0.4 is 16.0 Å². The predicted molar refractivity (Wildman–Crippen MR) is 78.8 cm³/mol. The van der Waals surface area contributed by atoms with Gasteiger partial charge in [-0.15, -0.1) is 0 Å². The van der Waals surface area contributed by atoms with E-state index >= 15 is 0 Å². The highest BCUT2D eigenvalue weighted by molar-refractivity contribution is 6.40. The van der Waals surface area contributed by atoms with Crippen LogP contribution in [-0.2, 0) is 9.59 Å². The first kappa shape index (κ1) is 15.0. The number of para-hydroxylation sites is 1. The predicted octanol–water partition coefficient (Wildman–Crippen LogP) is 1.04. The van der Waals surface area contributed by atoms with E-state index in [2.05, 4.69) is 16.0 Å². The third kappa shape index (κ3) is 4.30. The number of anilines is 1. The van der Waals surface area contributed by atoms with Crippen molar-refractivity contribution in [3.63, 3.8) is 0 Å². The third-order valence-electron chi connectivity index (χ3n) is 2.96. The molecule has 0 spiro atoms. The van der Waals surface area contributed by atoms with Gasteiger partial charge in [-0.05, 0) is 38.8 Å². The standard InChI is InChI=1S/C15H19N3O3/c1-9(2)16-14(20)15(21)18-12-6-4-3-5-11(12)13(19)17-10-7-8-10/h3-6,9-10H,7-8H2,1-2H3,(H,16,20)(H,17,19)(H,18,21). The van der Waals surface area contributed by atoms with Crippen molar-refractivity contribution in [1.29, 1.82) is 0 Å². The van der Waals surface area contributed by atoms with Crippen LogP contribution in [0, 0.1) is 0 Å². The molecule has 2 rings (SSSR count). The van der Waals surface area contributed by atoms with Gasteiger partial charge in [0.2, 0.25) is 0 Å². The van der Waals surface area contributed by atoms with Gasteiger partial charge in [-0.2, -0.15) is 0 Å². The van der Waals surface area contributed by atoms with E-state index in [1.54, 1.807) is 38.1 Å². The highest BCUT2D eigenvalue weighted by atomic mass is 16.2. The molecule has 0 radical (unpaired) electrons. The van der Waals surface area contributed by atoms with Crippen molar-refractivity contribution in [3.8, 4) is 0 Å². The maximum absolute atomic E-state index is 12.1. The van der Waals surface area contributed by atoms with Crippen LogP contribution in [0.5, 0.6) is 0 Å². The molecule has 0 bridgehead atoms. The van der Waals surface area contributed by atoms with Crippen LogP contribution in [0.3, 0.4) is 0 Å². The van der Waals surface area contributed by atoms with Gasteiger partial charge in [0.15, 0.2) is 0 Å². The second-order valence-electron chi connectivity index (χ2n) is 5.38. The van der Waals surface area contributed by atoms with Crippen molar-refractivity contribution in [2.45, 2.75) is 38.8 Å². The third-order valence-corrected chi connectivity index (χ3v) is 2.96. The van der Waals surface area contributed by atoms with Crippen LogP contribution in [0.4, 0.5) is 5.69 Å². The topological polar surface area (TPSA) is 87.3 Å². The van der Waals surface area contributed by atoms with E-state index in [1.807, 2.05) is 0 Å². The monoisotopic (exact) mass is 289 g/mol. The molecule has 1 fully saturated rings. The van der Waals surface area contributed by atoms with E-state index in [-0.39, 0.29) is 18.0 Å². The Kier molecular flexibility index (Phi) is 4.57. The molecular formula is C15H19N3O3. The number of hydrogen-bond acceptors (Lipinski definition) is 3. The minimum Gasteiger partial charge on any atom is -0.349 e. The molecule has 6 nitrogen and oxygen atoms in total. The molecule has 0 atom stereocenters. The van der Waals surface area contributed by atoms with Gasteiger partial charge in [0.1, 0.15) is 0 Å². The van der Waals surface area contributed by atoms with E-state index in [0.717, 1.165) is 12.8 Å². The van der Waals surface area contributed by atoms with E-state index in [9.17, 15) is 14.4 Å². The zero-order chi connectivity index (χ0) is 15.4. The van der Waals surface area contributed by atoms with Gasteiger partial charge in [0.05, 0.1) is 11.3 Å². The molecule has 1 aliphatic rings. The molecule has 21 heavy (non-hydrogen) atoms. The van der Waals surface area contributed by atoms with Crippen LogP contribution in [-0.4, -0.2) is 29.8 Å². The Labute approximate surface area is 123 Å². The second-order valence-corrected chi connectivity index (χ2v) is 5.38. The maximum Gasteiger partial charge on any atom is 0.313 e. The van der Waals surface area contributed by atoms with Crippen molar-refractivity contribution in [2.75, 3.05) is 5.32 Å². The average Bonchev–Trinajstić information content (AvgIpc) is 3.22. The summed E-state index contributed by atoms with van der Waals surface area (Å²) in [6.07, 6.45) is 1.97. The Hall–Kier alpha value is -2.37. The maximum atomic E-state index is 12.1. The number of carbonyl (C=O) groups is 3. The zero-order valence-electron chi connectivity index (χ0n) is 12.1. The fourth-order valence-corrected chi connectivity index (χ4v) is 1.79. The Balaban J connectivity index is 2.07. The highest BCUT2D eigenvalue weighted by Crippen LogP contribution is 2.21. The molecule has 3 N–H and O–H groups in total. The van der Waals surface area contributed by atoms with Crippen LogP contribution in [0.25, 0.3) is 0 Å². The minimum atomic E-state index is -0.782. The summed E-state index contributed by atoms with van der Waals surface area (Å²) < 4.78 is 0. The van der Waals surface area contributed by atoms with Crippen molar-refractivity contribution >= 4 is 23.4 Å². The largest absolute Gasteiger partial charge is 0.349 e. The van der Waals surface area contributed by atoms with Crippen LogP contribution >= 0.6 is 0 Å². The first-order valence-electron chi connectivity index (χ1n) is 6.99. The molecule has 1 aliphatic carbocycles. The summed E-state index contributed by atoms with van der Waals surface area (Å²) >= 11 is 0. The van der Waals surface area contributed by atoms with Crippen molar-refractivity contribution in [2.24, 2.45) is 0 Å². The number of benzene rings is 1. The Morgan fingerprint density at radius 2 is 1.76 bits per heavy atom. The van der Waals surface area contributed by atoms with E-state index in [4.69, 9.17) is 0 Å². The lowest BCUT2D eigenvalue weighted by molar-refractivity contribution is -0.136. The zero-order valence-corrected chi connectivity index (χ0v) is 12.1. The highest BCUT2D eigenvalue weighted by Gasteiger charge is 2.25. The summed E-state index contributed by atoms with van der Waals surface area (Å²) in [4.78, 5) is 35.5. The lowest BCUT2D eigenvalue weighted by Gasteiger charge is -2.12. The summed E-state index contributed by atoms with van der Waals surface area (Å²) in [6.45, 7) is 3.53. The smallest absolute Gasteiger partial charge is 0.313 e. The number of hydrogen-bond donors (Lipinski definition) is 3. The SMILES string of the molecule is CC(C)NC(=O)C(=O)Nc1ccccc1C(=O)NC1CC1. The normalized spacial score (nSPS) is 13.7. The first-order chi connectivity index (χ1) is 9.97. The number of nitrogens with one attached hydrogen (secondary N) is 3. The number of amides is 3. The van der Waals surface area contributed by atoms with Crippen LogP contribution in [0.1, 0.15) is 37.0 Å². The molecule has 0 saturated heterocycles. The van der Waals surface area contributed by atoms with Gasteiger partial charge in [-0.3, -0.25) is 14.4 Å². The van der Waals surface area contributed by atoms with Gasteiger partial charge < -0.3 is 16.0 Å².